The molecule has 2 heterocycles. The van der Waals surface area contributed by atoms with E-state index in [4.69, 9.17) is 9.26 Å². The smallest absolute Gasteiger partial charge is 0.239 e. The van der Waals surface area contributed by atoms with Crippen molar-refractivity contribution < 1.29 is 9.26 Å². The number of para-hydroxylation sites is 1. The number of thioether (sulfide) groups is 1. The first-order valence-corrected chi connectivity index (χ1v) is 11.9. The molecule has 0 saturated carbocycles. The molecule has 4 rings (SSSR count). The van der Waals surface area contributed by atoms with Crippen molar-refractivity contribution in [3.05, 3.63) is 71.9 Å². The summed E-state index contributed by atoms with van der Waals surface area (Å²) in [6.07, 6.45) is 0.859. The largest absolute Gasteiger partial charge is 0.496 e. The highest BCUT2D eigenvalue weighted by atomic mass is 32.2. The minimum atomic E-state index is -0.168. The van der Waals surface area contributed by atoms with E-state index < -0.39 is 0 Å². The Morgan fingerprint density at radius 3 is 2.45 bits per heavy atom. The molecule has 4 aromatic rings. The average molecular weight is 464 g/mol. The fourth-order valence-corrected chi connectivity index (χ4v) is 4.31. The second-order valence-electron chi connectivity index (χ2n) is 8.86. The van der Waals surface area contributed by atoms with E-state index >= 15 is 0 Å². The number of rotatable bonds is 8. The molecule has 2 aromatic heterocycles. The Morgan fingerprint density at radius 2 is 1.76 bits per heavy atom. The van der Waals surface area contributed by atoms with Gasteiger partial charge in [-0.25, -0.2) is 0 Å². The Bertz CT molecular complexity index is 1200. The summed E-state index contributed by atoms with van der Waals surface area (Å²) in [5.74, 6) is 2.83. The molecule has 0 bridgehead atoms. The van der Waals surface area contributed by atoms with Crippen molar-refractivity contribution in [2.24, 2.45) is 0 Å². The van der Waals surface area contributed by atoms with Crippen molar-refractivity contribution in [3.8, 4) is 17.1 Å². The maximum Gasteiger partial charge on any atom is 0.239 e. The zero-order valence-corrected chi connectivity index (χ0v) is 20.5. The molecule has 0 spiro atoms. The van der Waals surface area contributed by atoms with Gasteiger partial charge in [0.15, 0.2) is 16.8 Å². The molecule has 172 valence electrons. The quantitative estimate of drug-likeness (QED) is 0.309. The van der Waals surface area contributed by atoms with Gasteiger partial charge >= 0.3 is 0 Å². The minimum Gasteiger partial charge on any atom is -0.496 e. The van der Waals surface area contributed by atoms with Gasteiger partial charge in [0, 0.05) is 12.0 Å². The molecule has 1 atom stereocenters. The van der Waals surface area contributed by atoms with E-state index in [0.717, 1.165) is 35.3 Å². The molecule has 0 aliphatic heterocycles. The molecule has 8 heteroatoms. The highest BCUT2D eigenvalue weighted by molar-refractivity contribution is 7.99. The number of nitrogens with zero attached hydrogens (tertiary/aromatic N) is 5. The van der Waals surface area contributed by atoms with Gasteiger partial charge in [0.05, 0.1) is 17.9 Å². The van der Waals surface area contributed by atoms with E-state index in [0.29, 0.717) is 11.7 Å². The summed E-state index contributed by atoms with van der Waals surface area (Å²) < 4.78 is 13.3. The fraction of sp³-hybridized carbons (Fsp3) is 0.360. The maximum absolute atomic E-state index is 5.59. The second kappa shape index (κ2) is 9.79. The van der Waals surface area contributed by atoms with Gasteiger partial charge in [-0.05, 0) is 31.0 Å². The van der Waals surface area contributed by atoms with Gasteiger partial charge < -0.3 is 13.8 Å². The first-order valence-electron chi connectivity index (χ1n) is 11.0. The van der Waals surface area contributed by atoms with Crippen LogP contribution in [-0.4, -0.2) is 32.0 Å². The lowest BCUT2D eigenvalue weighted by Crippen LogP contribution is -2.13. The monoisotopic (exact) mass is 463 g/mol. The van der Waals surface area contributed by atoms with E-state index in [2.05, 4.69) is 69.9 Å². The molecule has 0 radical (unpaired) electrons. The zero-order chi connectivity index (χ0) is 23.4. The molecule has 33 heavy (non-hydrogen) atoms. The Balaban J connectivity index is 1.65. The first kappa shape index (κ1) is 23.0. The summed E-state index contributed by atoms with van der Waals surface area (Å²) in [6.45, 7) is 8.98. The van der Waals surface area contributed by atoms with E-state index in [-0.39, 0.29) is 10.7 Å². The van der Waals surface area contributed by atoms with Gasteiger partial charge in [-0.15, -0.1) is 10.2 Å². The molecule has 0 aliphatic rings. The van der Waals surface area contributed by atoms with Crippen molar-refractivity contribution in [1.29, 1.82) is 0 Å². The lowest BCUT2D eigenvalue weighted by Gasteiger charge is -2.14. The molecule has 0 amide bonds. The lowest BCUT2D eigenvalue weighted by molar-refractivity contribution is 0.364. The topological polar surface area (TPSA) is 78.9 Å². The highest BCUT2D eigenvalue weighted by Gasteiger charge is 2.26. The summed E-state index contributed by atoms with van der Waals surface area (Å²) in [4.78, 5) is 4.62. The predicted octanol–water partition coefficient (Wildman–Crippen LogP) is 5.73. The van der Waals surface area contributed by atoms with Crippen LogP contribution in [0.25, 0.3) is 11.4 Å². The van der Waals surface area contributed by atoms with Gasteiger partial charge in [0.2, 0.25) is 5.89 Å². The minimum absolute atomic E-state index is 0.0706. The zero-order valence-electron chi connectivity index (χ0n) is 19.6. The van der Waals surface area contributed by atoms with Crippen molar-refractivity contribution >= 4 is 11.8 Å². The molecule has 0 fully saturated rings. The summed E-state index contributed by atoms with van der Waals surface area (Å²) >= 11 is 1.56. The van der Waals surface area contributed by atoms with Gasteiger partial charge in [-0.1, -0.05) is 80.2 Å². The van der Waals surface area contributed by atoms with Crippen LogP contribution in [0.15, 0.2) is 64.3 Å². The SMILES string of the molecule is COc1ccccc1-c1nnc(SC(C)c2nc(C(C)(C)C)no2)n1CCc1ccccc1. The van der Waals surface area contributed by atoms with Gasteiger partial charge in [-0.2, -0.15) is 4.98 Å². The molecule has 1 unspecified atom stereocenters. The van der Waals surface area contributed by atoms with Crippen LogP contribution in [0.4, 0.5) is 0 Å². The predicted molar refractivity (Wildman–Crippen MR) is 129 cm³/mol. The number of aromatic nitrogens is 5. The van der Waals surface area contributed by atoms with Crippen molar-refractivity contribution in [2.75, 3.05) is 7.11 Å². The molecule has 7 nitrogen and oxygen atoms in total. The number of hydrogen-bond acceptors (Lipinski definition) is 7. The number of benzene rings is 2. The Labute approximate surface area is 198 Å². The summed E-state index contributed by atoms with van der Waals surface area (Å²) in [5, 5.41) is 14.0. The van der Waals surface area contributed by atoms with Crippen LogP contribution in [0.5, 0.6) is 5.75 Å². The van der Waals surface area contributed by atoms with Crippen LogP contribution in [0.2, 0.25) is 0 Å². The molecule has 0 aliphatic carbocycles. The number of methoxy groups -OCH3 is 1. The molecular formula is C25H29N5O2S. The third kappa shape index (κ3) is 5.27. The lowest BCUT2D eigenvalue weighted by atomic mass is 9.96. The van der Waals surface area contributed by atoms with E-state index in [1.807, 2.05) is 37.3 Å². The first-order chi connectivity index (χ1) is 15.9. The van der Waals surface area contributed by atoms with Gasteiger partial charge in [0.1, 0.15) is 5.75 Å². The van der Waals surface area contributed by atoms with Gasteiger partial charge in [0.25, 0.3) is 0 Å². The van der Waals surface area contributed by atoms with E-state index in [9.17, 15) is 0 Å². The van der Waals surface area contributed by atoms with Crippen LogP contribution in [0, 0.1) is 0 Å². The van der Waals surface area contributed by atoms with Crippen molar-refractivity contribution in [2.45, 2.75) is 56.5 Å². The van der Waals surface area contributed by atoms with Gasteiger partial charge in [-0.3, -0.25) is 0 Å². The summed E-state index contributed by atoms with van der Waals surface area (Å²) in [6, 6.07) is 18.3. The second-order valence-corrected chi connectivity index (χ2v) is 10.2. The standard InChI is InChI=1S/C25H29N5O2S/c1-17(22-26-23(29-32-22)25(2,3)4)33-24-28-27-21(19-13-9-10-14-20(19)31-5)30(24)16-15-18-11-7-6-8-12-18/h6-14,17H,15-16H2,1-5H3. The Kier molecular flexibility index (Phi) is 6.83. The molecule has 0 N–H and O–H groups in total. The van der Waals surface area contributed by atoms with Crippen LogP contribution >= 0.6 is 11.8 Å². The Morgan fingerprint density at radius 1 is 1.03 bits per heavy atom. The number of ether oxygens (including phenoxy) is 1. The van der Waals surface area contributed by atoms with Crippen molar-refractivity contribution in [1.82, 2.24) is 24.9 Å². The summed E-state index contributed by atoms with van der Waals surface area (Å²) in [7, 11) is 1.67. The number of hydrogen-bond donors (Lipinski definition) is 0. The average Bonchev–Trinajstić information content (AvgIpc) is 3.46. The van der Waals surface area contributed by atoms with Crippen LogP contribution in [-0.2, 0) is 18.4 Å². The third-order valence-electron chi connectivity index (χ3n) is 5.27. The Hall–Kier alpha value is -3.13. The molecule has 0 saturated heterocycles. The van der Waals surface area contributed by atoms with Crippen molar-refractivity contribution in [3.63, 3.8) is 0 Å². The third-order valence-corrected chi connectivity index (χ3v) is 6.34. The van der Waals surface area contributed by atoms with Crippen LogP contribution < -0.4 is 4.74 Å². The maximum atomic E-state index is 5.59. The molecular weight excluding hydrogens is 434 g/mol. The van der Waals surface area contributed by atoms with Crippen LogP contribution in [0.3, 0.4) is 0 Å². The fourth-order valence-electron chi connectivity index (χ4n) is 3.41. The van der Waals surface area contributed by atoms with E-state index in [1.54, 1.807) is 18.9 Å². The summed E-state index contributed by atoms with van der Waals surface area (Å²) in [5.41, 5.74) is 2.00. The van der Waals surface area contributed by atoms with E-state index in [1.165, 1.54) is 5.56 Å². The molecule has 2 aromatic carbocycles. The highest BCUT2D eigenvalue weighted by Crippen LogP contribution is 2.37. The normalized spacial score (nSPS) is 12.6. The number of aryl methyl sites for hydroxylation is 1. The van der Waals surface area contributed by atoms with Crippen LogP contribution in [0.1, 0.15) is 50.2 Å².